The van der Waals surface area contributed by atoms with Crippen molar-refractivity contribution in [3.63, 3.8) is 0 Å². The molecule has 1 unspecified atom stereocenters. The van der Waals surface area contributed by atoms with Crippen LogP contribution >= 0.6 is 0 Å². The molecule has 0 fully saturated rings. The maximum Gasteiger partial charge on any atom is 0.115 e. The average molecular weight is 275 g/mol. The number of nitrogens with zero attached hydrogens (tertiary/aromatic N) is 2. The van der Waals surface area contributed by atoms with Crippen molar-refractivity contribution < 1.29 is 0 Å². The topological polar surface area (TPSA) is 37.8 Å². The minimum absolute atomic E-state index is 0.525. The molecular formula is C17H29N3. The Morgan fingerprint density at radius 1 is 1.15 bits per heavy atom. The van der Waals surface area contributed by atoms with E-state index >= 15 is 0 Å². The van der Waals surface area contributed by atoms with Crippen LogP contribution in [0.5, 0.6) is 0 Å². The first-order valence-electron chi connectivity index (χ1n) is 8.27. The van der Waals surface area contributed by atoms with Gasteiger partial charge in [-0.15, -0.1) is 0 Å². The Kier molecular flexibility index (Phi) is 5.96. The third-order valence-electron chi connectivity index (χ3n) is 4.34. The maximum absolute atomic E-state index is 4.61. The molecule has 1 aliphatic rings. The lowest BCUT2D eigenvalue weighted by Crippen LogP contribution is -2.36. The molecule has 3 heteroatoms. The molecule has 20 heavy (non-hydrogen) atoms. The number of rotatable bonds is 6. The predicted molar refractivity (Wildman–Crippen MR) is 83.9 cm³/mol. The van der Waals surface area contributed by atoms with Crippen molar-refractivity contribution in [3.8, 4) is 0 Å². The van der Waals surface area contributed by atoms with E-state index in [1.807, 2.05) is 0 Å². The molecule has 1 heterocycles. The Morgan fingerprint density at radius 3 is 2.70 bits per heavy atom. The van der Waals surface area contributed by atoms with E-state index < -0.39 is 0 Å². The van der Waals surface area contributed by atoms with Gasteiger partial charge in [0.05, 0.1) is 0 Å². The predicted octanol–water partition coefficient (Wildman–Crippen LogP) is 3.31. The van der Waals surface area contributed by atoms with Gasteiger partial charge >= 0.3 is 0 Å². The van der Waals surface area contributed by atoms with Crippen molar-refractivity contribution in [2.24, 2.45) is 5.92 Å². The van der Waals surface area contributed by atoms with E-state index in [2.05, 4.69) is 36.1 Å². The van der Waals surface area contributed by atoms with Gasteiger partial charge in [0.1, 0.15) is 6.33 Å². The first-order valence-corrected chi connectivity index (χ1v) is 8.27. The Balaban J connectivity index is 2.15. The summed E-state index contributed by atoms with van der Waals surface area (Å²) in [6.45, 7) is 7.91. The summed E-state index contributed by atoms with van der Waals surface area (Å²) in [5, 5.41) is 3.68. The zero-order chi connectivity index (χ0) is 14.4. The fourth-order valence-corrected chi connectivity index (χ4v) is 3.02. The highest BCUT2D eigenvalue weighted by molar-refractivity contribution is 5.27. The number of fused-ring (bicyclic) bond motifs is 1. The Bertz CT molecular complexity index is 415. The Labute approximate surface area is 123 Å². The van der Waals surface area contributed by atoms with E-state index in [1.165, 1.54) is 49.1 Å². The summed E-state index contributed by atoms with van der Waals surface area (Å²) >= 11 is 0. The normalized spacial score (nSPS) is 16.8. The van der Waals surface area contributed by atoms with E-state index in [1.54, 1.807) is 6.33 Å². The quantitative estimate of drug-likeness (QED) is 0.809. The molecule has 0 saturated heterocycles. The molecule has 1 N–H and O–H groups in total. The minimum atomic E-state index is 0.525. The Hall–Kier alpha value is -0.960. The van der Waals surface area contributed by atoms with Gasteiger partial charge in [-0.25, -0.2) is 9.97 Å². The smallest absolute Gasteiger partial charge is 0.115 e. The molecule has 0 spiro atoms. The summed E-state index contributed by atoms with van der Waals surface area (Å²) < 4.78 is 0. The molecule has 3 nitrogen and oxygen atoms in total. The molecule has 112 valence electrons. The fraction of sp³-hybridized carbons (Fsp3) is 0.765. The third-order valence-corrected chi connectivity index (χ3v) is 4.34. The highest BCUT2D eigenvalue weighted by Gasteiger charge is 2.19. The zero-order valence-corrected chi connectivity index (χ0v) is 13.3. The van der Waals surface area contributed by atoms with Crippen LogP contribution in [-0.2, 0) is 19.3 Å². The van der Waals surface area contributed by atoms with Crippen LogP contribution in [0.15, 0.2) is 6.33 Å². The number of hydrogen-bond donors (Lipinski definition) is 1. The van der Waals surface area contributed by atoms with Crippen molar-refractivity contribution in [1.29, 1.82) is 0 Å². The molecule has 2 rings (SSSR count). The first kappa shape index (κ1) is 15.4. The second-order valence-corrected chi connectivity index (χ2v) is 6.32. The minimum Gasteiger partial charge on any atom is -0.313 e. The van der Waals surface area contributed by atoms with Crippen molar-refractivity contribution >= 4 is 0 Å². The van der Waals surface area contributed by atoms with Crippen LogP contribution < -0.4 is 5.32 Å². The lowest BCUT2D eigenvalue weighted by molar-refractivity contribution is 0.393. The summed E-state index contributed by atoms with van der Waals surface area (Å²) in [7, 11) is 0. The molecule has 1 atom stereocenters. The summed E-state index contributed by atoms with van der Waals surface area (Å²) in [5.74, 6) is 0.637. The zero-order valence-electron chi connectivity index (χ0n) is 13.3. The van der Waals surface area contributed by atoms with Gasteiger partial charge in [0, 0.05) is 23.9 Å². The van der Waals surface area contributed by atoms with Crippen molar-refractivity contribution in [1.82, 2.24) is 15.3 Å². The second kappa shape index (κ2) is 7.72. The summed E-state index contributed by atoms with van der Waals surface area (Å²) in [6.07, 6.45) is 10.2. The second-order valence-electron chi connectivity index (χ2n) is 6.32. The average Bonchev–Trinajstić information content (AvgIpc) is 2.68. The lowest BCUT2D eigenvalue weighted by atomic mass is 9.95. The lowest BCUT2D eigenvalue weighted by Gasteiger charge is -2.23. The van der Waals surface area contributed by atoms with Gasteiger partial charge in [0.2, 0.25) is 0 Å². The number of aryl methyl sites for hydroxylation is 1. The number of aromatic nitrogens is 2. The van der Waals surface area contributed by atoms with Crippen molar-refractivity contribution in [3.05, 3.63) is 23.3 Å². The van der Waals surface area contributed by atoms with Crippen molar-refractivity contribution in [2.45, 2.75) is 71.8 Å². The van der Waals surface area contributed by atoms with Crippen molar-refractivity contribution in [2.75, 3.05) is 6.54 Å². The van der Waals surface area contributed by atoms with E-state index in [0.717, 1.165) is 19.4 Å². The van der Waals surface area contributed by atoms with Crippen LogP contribution in [0.25, 0.3) is 0 Å². The van der Waals surface area contributed by atoms with E-state index in [-0.39, 0.29) is 0 Å². The van der Waals surface area contributed by atoms with Crippen LogP contribution in [0.3, 0.4) is 0 Å². The summed E-state index contributed by atoms with van der Waals surface area (Å²) in [5.41, 5.74) is 4.05. The third kappa shape index (κ3) is 4.02. The van der Waals surface area contributed by atoms with Gasteiger partial charge in [0.15, 0.2) is 0 Å². The van der Waals surface area contributed by atoms with Crippen LogP contribution in [0, 0.1) is 5.92 Å². The standard InChI is InChI=1S/C17H29N3/c1-4-10-18-16(13(2)3)11-17-14-8-6-5-7-9-15(14)19-12-20-17/h12-13,16,18H,4-11H2,1-3H3. The maximum atomic E-state index is 4.61. The molecule has 0 aliphatic heterocycles. The first-order chi connectivity index (χ1) is 9.72. The molecular weight excluding hydrogens is 246 g/mol. The molecule has 0 radical (unpaired) electrons. The van der Waals surface area contributed by atoms with Crippen LogP contribution in [0.1, 0.15) is 63.4 Å². The van der Waals surface area contributed by atoms with Crippen LogP contribution in [-0.4, -0.2) is 22.6 Å². The van der Waals surface area contributed by atoms with E-state index in [0.29, 0.717) is 12.0 Å². The summed E-state index contributed by atoms with van der Waals surface area (Å²) in [6, 6.07) is 0.525. The SMILES string of the molecule is CCCNC(Cc1ncnc2c1CCCCC2)C(C)C. The van der Waals surface area contributed by atoms with E-state index in [4.69, 9.17) is 0 Å². The van der Waals surface area contributed by atoms with Gasteiger partial charge in [-0.05, 0) is 50.1 Å². The summed E-state index contributed by atoms with van der Waals surface area (Å²) in [4.78, 5) is 9.14. The number of nitrogens with one attached hydrogen (secondary N) is 1. The molecule has 1 aromatic rings. The highest BCUT2D eigenvalue weighted by atomic mass is 14.9. The molecule has 0 saturated carbocycles. The monoisotopic (exact) mass is 275 g/mol. The van der Waals surface area contributed by atoms with Gasteiger partial charge in [-0.3, -0.25) is 0 Å². The van der Waals surface area contributed by atoms with Gasteiger partial charge in [-0.1, -0.05) is 27.2 Å². The number of hydrogen-bond acceptors (Lipinski definition) is 3. The Morgan fingerprint density at radius 2 is 1.95 bits per heavy atom. The highest BCUT2D eigenvalue weighted by Crippen LogP contribution is 2.22. The van der Waals surface area contributed by atoms with Gasteiger partial charge in [0.25, 0.3) is 0 Å². The molecule has 1 aromatic heterocycles. The fourth-order valence-electron chi connectivity index (χ4n) is 3.02. The molecule has 0 bridgehead atoms. The van der Waals surface area contributed by atoms with Gasteiger partial charge < -0.3 is 5.32 Å². The molecule has 0 aromatic carbocycles. The van der Waals surface area contributed by atoms with E-state index in [9.17, 15) is 0 Å². The van der Waals surface area contributed by atoms with Gasteiger partial charge in [-0.2, -0.15) is 0 Å². The largest absolute Gasteiger partial charge is 0.313 e. The molecule has 1 aliphatic carbocycles. The van der Waals surface area contributed by atoms with Crippen LogP contribution in [0.2, 0.25) is 0 Å². The molecule has 0 amide bonds. The van der Waals surface area contributed by atoms with Crippen LogP contribution in [0.4, 0.5) is 0 Å².